The Morgan fingerprint density at radius 3 is 2.36 bits per heavy atom. The number of fused-ring (bicyclic) bond motifs is 2. The molecule has 2 amide bonds. The molecule has 1 saturated carbocycles. The summed E-state index contributed by atoms with van der Waals surface area (Å²) in [5, 5.41) is 28.0. The molecule has 7 atom stereocenters. The third kappa shape index (κ3) is 14.8. The number of unbranched alkanes of at least 4 members (excludes halogenated alkanes) is 11. The normalized spacial score (nSPS) is 24.1. The number of benzene rings is 2. The average Bonchev–Trinajstić information content (AvgIpc) is 3.37. The summed E-state index contributed by atoms with van der Waals surface area (Å²) in [4.78, 5) is 36.7. The van der Waals surface area contributed by atoms with Crippen LogP contribution in [-0.4, -0.2) is 97.6 Å². The number of nitrogens with zero attached hydrogens (tertiary/aromatic N) is 2. The van der Waals surface area contributed by atoms with Crippen molar-refractivity contribution in [1.29, 1.82) is 0 Å². The highest BCUT2D eigenvalue weighted by Gasteiger charge is 2.65. The molecule has 6 rings (SSSR count). The maximum absolute atomic E-state index is 15.0. The van der Waals surface area contributed by atoms with Gasteiger partial charge in [-0.2, -0.15) is 0 Å². The molecule has 1 saturated heterocycles. The lowest BCUT2D eigenvalue weighted by Crippen LogP contribution is -2.70. The van der Waals surface area contributed by atoms with Crippen LogP contribution in [0.25, 0.3) is 0 Å². The zero-order valence-electron chi connectivity index (χ0n) is 42.7. The van der Waals surface area contributed by atoms with Crippen LogP contribution in [0.15, 0.2) is 71.9 Å². The van der Waals surface area contributed by atoms with Crippen LogP contribution < -0.4 is 19.5 Å². The fourth-order valence-corrected chi connectivity index (χ4v) is 11.3. The first-order valence-corrected chi connectivity index (χ1v) is 27.0. The van der Waals surface area contributed by atoms with E-state index in [0.717, 1.165) is 80.9 Å². The molecule has 388 valence electrons. The van der Waals surface area contributed by atoms with Crippen molar-refractivity contribution in [3.63, 3.8) is 0 Å². The van der Waals surface area contributed by atoms with Gasteiger partial charge in [-0.05, 0) is 105 Å². The van der Waals surface area contributed by atoms with Gasteiger partial charge in [0.1, 0.15) is 23.3 Å². The monoisotopic (exact) mass is 972 g/mol. The molecule has 2 heterocycles. The lowest BCUT2D eigenvalue weighted by Gasteiger charge is -2.60. The van der Waals surface area contributed by atoms with Gasteiger partial charge >= 0.3 is 6.09 Å². The summed E-state index contributed by atoms with van der Waals surface area (Å²) in [6.07, 6.45) is 23.5. The molecular weight excluding hydrogens is 887 g/mol. The lowest BCUT2D eigenvalue weighted by molar-refractivity contribution is -0.257. The molecule has 70 heavy (non-hydrogen) atoms. The molecule has 0 bridgehead atoms. The molecule has 3 N–H and O–H groups in total. The zero-order valence-corrected chi connectivity index (χ0v) is 42.7. The second-order valence-electron chi connectivity index (χ2n) is 19.8. The Bertz CT molecular complexity index is 1980. The summed E-state index contributed by atoms with van der Waals surface area (Å²) in [6, 6.07) is 12.6. The molecule has 2 aliphatic carbocycles. The topological polar surface area (TPSA) is 158 Å². The van der Waals surface area contributed by atoms with E-state index >= 15 is 4.79 Å². The van der Waals surface area contributed by atoms with Crippen molar-refractivity contribution in [3.05, 3.63) is 77.9 Å². The van der Waals surface area contributed by atoms with E-state index in [4.69, 9.17) is 33.7 Å². The lowest BCUT2D eigenvalue weighted by atomic mass is 9.55. The van der Waals surface area contributed by atoms with Crippen LogP contribution in [0.1, 0.15) is 166 Å². The Hall–Kier alpha value is -4.43. The number of amides is 2. The van der Waals surface area contributed by atoms with Crippen LogP contribution in [0.5, 0.6) is 17.2 Å². The smallest absolute Gasteiger partial charge is 0.412 e. The number of nitrogens with one attached hydrogen (secondary N) is 1. The molecule has 2 fully saturated rings. The van der Waals surface area contributed by atoms with E-state index in [9.17, 15) is 15.0 Å². The number of hydrogen-bond donors (Lipinski definition) is 3. The minimum atomic E-state index is -1.41. The van der Waals surface area contributed by atoms with Crippen LogP contribution in [0.3, 0.4) is 0 Å². The van der Waals surface area contributed by atoms with Gasteiger partial charge in [0.15, 0.2) is 0 Å². The van der Waals surface area contributed by atoms with Crippen LogP contribution in [-0.2, 0) is 25.5 Å². The third-order valence-electron chi connectivity index (χ3n) is 14.7. The number of rotatable bonds is 31. The van der Waals surface area contributed by atoms with Gasteiger partial charge in [0.05, 0.1) is 38.4 Å². The maximum atomic E-state index is 15.0. The quantitative estimate of drug-likeness (QED) is 0.0377. The number of ether oxygens (including phenoxy) is 5. The summed E-state index contributed by atoms with van der Waals surface area (Å²) < 4.78 is 32.2. The summed E-state index contributed by atoms with van der Waals surface area (Å²) in [5.74, 6) is -0.500. The molecule has 13 nitrogen and oxygen atoms in total. The summed E-state index contributed by atoms with van der Waals surface area (Å²) in [6.45, 7) is 10.3. The molecule has 0 radical (unpaired) electrons. The maximum Gasteiger partial charge on any atom is 0.412 e. The molecule has 1 unspecified atom stereocenters. The van der Waals surface area contributed by atoms with Crippen LogP contribution in [0.2, 0.25) is 0 Å². The van der Waals surface area contributed by atoms with Crippen molar-refractivity contribution < 1.29 is 48.3 Å². The Balaban J connectivity index is 1.40. The number of hydrogen-bond acceptors (Lipinski definition) is 11. The molecule has 0 aromatic heterocycles. The van der Waals surface area contributed by atoms with Gasteiger partial charge in [0, 0.05) is 50.6 Å². The number of aliphatic hydroxyl groups is 2. The standard InChI is InChI=1S/C57H85N3O10/c1-5-8-9-10-11-12-13-14-15-19-31-58-56(64)68-45-29-30-50-48(40-45)54-46(27-17-21-34-62)43(25-16-20-33-61)39-47-49(59-70-53-28-18-22-36-66-53)41-51(57(69-50,55(47)54)67-35-7-3)60(32-6-2)52(63)38-42-24-23-26-44(37-42)65-4/h7,23-24,26,29-30,37,39-40,43,46,51,53-55,61-62H,3,5-6,8-22,25,27-28,31-36,38,41H2,1-2,4H3,(H,58,64)/t43-,46+,51-,53?,54+,55+,57+/m0/s1. The largest absolute Gasteiger partial charge is 0.497 e. The zero-order chi connectivity index (χ0) is 49.6. The molecule has 13 heteroatoms. The van der Waals surface area contributed by atoms with Crippen molar-refractivity contribution in [3.8, 4) is 17.2 Å². The Kier molecular flexibility index (Phi) is 22.9. The van der Waals surface area contributed by atoms with E-state index in [2.05, 4.69) is 31.8 Å². The van der Waals surface area contributed by atoms with Crippen molar-refractivity contribution in [1.82, 2.24) is 10.2 Å². The summed E-state index contributed by atoms with van der Waals surface area (Å²) in [5.41, 5.74) is 3.37. The number of allylic oxidation sites excluding steroid dienone is 1. The number of methoxy groups -OCH3 is 1. The van der Waals surface area contributed by atoms with Crippen LogP contribution >= 0.6 is 0 Å². The highest BCUT2D eigenvalue weighted by atomic mass is 16.8. The molecular formula is C57H85N3O10. The molecule has 2 aliphatic heterocycles. The predicted molar refractivity (Wildman–Crippen MR) is 274 cm³/mol. The van der Waals surface area contributed by atoms with E-state index in [1.54, 1.807) is 19.3 Å². The molecule has 0 spiro atoms. The minimum Gasteiger partial charge on any atom is -0.497 e. The Morgan fingerprint density at radius 2 is 1.66 bits per heavy atom. The van der Waals surface area contributed by atoms with E-state index in [1.165, 1.54) is 44.9 Å². The second-order valence-corrected chi connectivity index (χ2v) is 19.8. The van der Waals surface area contributed by atoms with Crippen molar-refractivity contribution in [2.45, 2.75) is 179 Å². The summed E-state index contributed by atoms with van der Waals surface area (Å²) >= 11 is 0. The number of oxime groups is 1. The van der Waals surface area contributed by atoms with Gasteiger partial charge in [-0.15, -0.1) is 6.58 Å². The first-order valence-electron chi connectivity index (χ1n) is 27.0. The fraction of sp³-hybridized carbons (Fsp3) is 0.667. The molecule has 2 aromatic carbocycles. The van der Waals surface area contributed by atoms with Crippen molar-refractivity contribution >= 4 is 17.7 Å². The highest BCUT2D eigenvalue weighted by molar-refractivity contribution is 6.03. The van der Waals surface area contributed by atoms with E-state index in [1.807, 2.05) is 41.3 Å². The average molecular weight is 972 g/mol. The summed E-state index contributed by atoms with van der Waals surface area (Å²) in [7, 11) is 1.62. The van der Waals surface area contributed by atoms with Crippen molar-refractivity contribution in [2.24, 2.45) is 22.9 Å². The highest BCUT2D eigenvalue weighted by Crippen LogP contribution is 2.62. The van der Waals surface area contributed by atoms with Crippen LogP contribution in [0, 0.1) is 17.8 Å². The molecule has 2 aromatic rings. The van der Waals surface area contributed by atoms with E-state index < -0.39 is 30.1 Å². The van der Waals surface area contributed by atoms with Gasteiger partial charge in [0.2, 0.25) is 18.0 Å². The molecule has 4 aliphatic rings. The minimum absolute atomic E-state index is 0.0171. The number of carbonyl (C=O) groups is 2. The number of carbonyl (C=O) groups excluding carboxylic acids is 2. The van der Waals surface area contributed by atoms with E-state index in [0.29, 0.717) is 61.9 Å². The van der Waals surface area contributed by atoms with Gasteiger partial charge in [0.25, 0.3) is 0 Å². The third-order valence-corrected chi connectivity index (χ3v) is 14.7. The number of aliphatic hydroxyl groups excluding tert-OH is 2. The Labute approximate surface area is 418 Å². The first-order chi connectivity index (χ1) is 34.3. The van der Waals surface area contributed by atoms with Gasteiger partial charge in [-0.1, -0.05) is 114 Å². The van der Waals surface area contributed by atoms with E-state index in [-0.39, 0.29) is 56.3 Å². The SMILES string of the molecule is C=CCO[C@@]12Oc3ccc(OC(=O)NCCCCCCCCCCCC)cc3[C@H]3[C@H](CCCCO)[C@@H](CCCCO)C=C(C(=NOC4CCCCO4)C[C@@H]1N(CCC)C(=O)Cc1cccc(OC)c1)[C@H]32. The van der Waals surface area contributed by atoms with Gasteiger partial charge in [-0.3, -0.25) is 4.79 Å². The predicted octanol–water partition coefficient (Wildman–Crippen LogP) is 11.3. The van der Waals surface area contributed by atoms with Gasteiger partial charge < -0.3 is 49.0 Å². The van der Waals surface area contributed by atoms with Crippen molar-refractivity contribution in [2.75, 3.05) is 46.6 Å². The Morgan fingerprint density at radius 1 is 0.900 bits per heavy atom. The second kappa shape index (κ2) is 29.2. The van der Waals surface area contributed by atoms with Crippen LogP contribution in [0.4, 0.5) is 4.79 Å². The first kappa shape index (κ1) is 54.9. The van der Waals surface area contributed by atoms with Gasteiger partial charge in [-0.25, -0.2) is 4.79 Å². The fourth-order valence-electron chi connectivity index (χ4n) is 11.3.